The molecule has 5 rings (SSSR count). The van der Waals surface area contributed by atoms with Crippen LogP contribution in [0, 0.1) is 0 Å². The SMILES string of the molecule is O=C(CSc1nc(=O)n(Cc2ccco2)c2c1CCCC2)N1CCCc2ccccc21. The Labute approximate surface area is 185 Å². The molecule has 3 aromatic rings. The van der Waals surface area contributed by atoms with Crippen molar-refractivity contribution >= 4 is 23.4 Å². The minimum atomic E-state index is -0.268. The highest BCUT2D eigenvalue weighted by atomic mass is 32.2. The predicted octanol–water partition coefficient (Wildman–Crippen LogP) is 3.83. The molecule has 2 aliphatic rings. The van der Waals surface area contributed by atoms with Crippen LogP contribution >= 0.6 is 11.8 Å². The van der Waals surface area contributed by atoms with E-state index in [0.29, 0.717) is 11.6 Å². The van der Waals surface area contributed by atoms with Gasteiger partial charge in [0, 0.05) is 23.5 Å². The monoisotopic (exact) mass is 435 g/mol. The van der Waals surface area contributed by atoms with Crippen LogP contribution < -0.4 is 10.6 Å². The fourth-order valence-corrected chi connectivity index (χ4v) is 5.54. The standard InChI is InChI=1S/C24H25N3O3S/c28-22(26-13-5-8-17-7-1-3-11-20(17)26)16-31-23-19-10-2-4-12-21(19)27(24(29)25-23)15-18-9-6-14-30-18/h1,3,6-7,9,11,14H,2,4-5,8,10,12-13,15-16H2. The summed E-state index contributed by atoms with van der Waals surface area (Å²) in [5, 5.41) is 0.717. The average molecular weight is 436 g/mol. The number of amides is 1. The lowest BCUT2D eigenvalue weighted by molar-refractivity contribution is -0.116. The maximum absolute atomic E-state index is 13.0. The third-order valence-corrected chi connectivity index (χ3v) is 7.09. The summed E-state index contributed by atoms with van der Waals surface area (Å²) in [6, 6.07) is 11.8. The molecule has 0 radical (unpaired) electrons. The molecule has 7 heteroatoms. The van der Waals surface area contributed by atoms with Gasteiger partial charge in [0.15, 0.2) is 0 Å². The van der Waals surface area contributed by atoms with Gasteiger partial charge in [0.1, 0.15) is 10.8 Å². The first kappa shape index (κ1) is 20.1. The summed E-state index contributed by atoms with van der Waals surface area (Å²) in [5.41, 5.74) is 4.14. The Morgan fingerprint density at radius 2 is 1.94 bits per heavy atom. The maximum Gasteiger partial charge on any atom is 0.349 e. The van der Waals surface area contributed by atoms with Crippen molar-refractivity contribution in [2.75, 3.05) is 17.2 Å². The molecule has 1 aliphatic carbocycles. The lowest BCUT2D eigenvalue weighted by atomic mass is 9.97. The Morgan fingerprint density at radius 3 is 2.81 bits per heavy atom. The van der Waals surface area contributed by atoms with E-state index in [9.17, 15) is 9.59 Å². The van der Waals surface area contributed by atoms with Gasteiger partial charge < -0.3 is 9.32 Å². The number of aryl methyl sites for hydroxylation is 1. The number of benzene rings is 1. The second kappa shape index (κ2) is 8.75. The van der Waals surface area contributed by atoms with Crippen molar-refractivity contribution in [2.45, 2.75) is 50.1 Å². The Hall–Kier alpha value is -2.80. The molecule has 0 bridgehead atoms. The molecule has 0 fully saturated rings. The minimum absolute atomic E-state index is 0.0725. The first-order chi connectivity index (χ1) is 15.2. The highest BCUT2D eigenvalue weighted by Crippen LogP contribution is 2.31. The number of anilines is 1. The number of aromatic nitrogens is 2. The van der Waals surface area contributed by atoms with Gasteiger partial charge in [0.25, 0.3) is 0 Å². The number of hydrogen-bond donors (Lipinski definition) is 0. The quantitative estimate of drug-likeness (QED) is 0.450. The largest absolute Gasteiger partial charge is 0.467 e. The van der Waals surface area contributed by atoms with Gasteiger partial charge >= 0.3 is 5.69 Å². The predicted molar refractivity (Wildman–Crippen MR) is 121 cm³/mol. The molecule has 6 nitrogen and oxygen atoms in total. The van der Waals surface area contributed by atoms with E-state index >= 15 is 0 Å². The van der Waals surface area contributed by atoms with Crippen molar-refractivity contribution in [1.29, 1.82) is 0 Å². The van der Waals surface area contributed by atoms with Gasteiger partial charge in [0.2, 0.25) is 5.91 Å². The second-order valence-corrected chi connectivity index (χ2v) is 9.03. The van der Waals surface area contributed by atoms with Gasteiger partial charge in [-0.3, -0.25) is 9.36 Å². The molecular weight excluding hydrogens is 410 g/mol. The smallest absolute Gasteiger partial charge is 0.349 e. The van der Waals surface area contributed by atoms with Crippen LogP contribution in [-0.2, 0) is 30.6 Å². The highest BCUT2D eigenvalue weighted by Gasteiger charge is 2.25. The molecule has 0 N–H and O–H groups in total. The number of carbonyl (C=O) groups excluding carboxylic acids is 1. The number of fused-ring (bicyclic) bond motifs is 2. The zero-order chi connectivity index (χ0) is 21.2. The normalized spacial score (nSPS) is 15.4. The highest BCUT2D eigenvalue weighted by molar-refractivity contribution is 8.00. The number of furan rings is 1. The first-order valence-electron chi connectivity index (χ1n) is 10.9. The summed E-state index contributed by atoms with van der Waals surface area (Å²) in [4.78, 5) is 32.2. The summed E-state index contributed by atoms with van der Waals surface area (Å²) in [6.45, 7) is 1.14. The van der Waals surface area contributed by atoms with Crippen LogP contribution in [0.25, 0.3) is 0 Å². The van der Waals surface area contributed by atoms with Crippen molar-refractivity contribution in [3.63, 3.8) is 0 Å². The molecule has 1 amide bonds. The van der Waals surface area contributed by atoms with Crippen LogP contribution in [0.15, 0.2) is 56.9 Å². The van der Waals surface area contributed by atoms with E-state index < -0.39 is 0 Å². The third kappa shape index (κ3) is 4.06. The van der Waals surface area contributed by atoms with E-state index in [4.69, 9.17) is 4.42 Å². The minimum Gasteiger partial charge on any atom is -0.467 e. The van der Waals surface area contributed by atoms with Gasteiger partial charge in [-0.15, -0.1) is 0 Å². The summed E-state index contributed by atoms with van der Waals surface area (Å²) >= 11 is 1.40. The molecule has 1 aliphatic heterocycles. The number of carbonyl (C=O) groups is 1. The molecule has 3 heterocycles. The molecule has 160 valence electrons. The van der Waals surface area contributed by atoms with E-state index in [1.54, 1.807) is 10.8 Å². The molecule has 0 saturated heterocycles. The van der Waals surface area contributed by atoms with Crippen LogP contribution in [0.2, 0.25) is 0 Å². The summed E-state index contributed by atoms with van der Waals surface area (Å²) < 4.78 is 7.18. The third-order valence-electron chi connectivity index (χ3n) is 6.09. The Kier molecular flexibility index (Phi) is 5.68. The van der Waals surface area contributed by atoms with Crippen LogP contribution in [0.3, 0.4) is 0 Å². The lowest BCUT2D eigenvalue weighted by Gasteiger charge is -2.29. The van der Waals surface area contributed by atoms with Crippen molar-refractivity contribution in [3.8, 4) is 0 Å². The molecule has 1 aromatic carbocycles. The topological polar surface area (TPSA) is 68.3 Å². The fourth-order valence-electron chi connectivity index (χ4n) is 4.59. The molecular formula is C24H25N3O3S. The van der Waals surface area contributed by atoms with Gasteiger partial charge in [-0.1, -0.05) is 30.0 Å². The van der Waals surface area contributed by atoms with Gasteiger partial charge in [0.05, 0.1) is 18.6 Å². The van der Waals surface area contributed by atoms with Crippen molar-refractivity contribution in [2.24, 2.45) is 0 Å². The van der Waals surface area contributed by atoms with Crippen LogP contribution in [0.4, 0.5) is 5.69 Å². The lowest BCUT2D eigenvalue weighted by Crippen LogP contribution is -2.37. The van der Waals surface area contributed by atoms with Crippen molar-refractivity contribution < 1.29 is 9.21 Å². The van der Waals surface area contributed by atoms with E-state index in [2.05, 4.69) is 11.1 Å². The van der Waals surface area contributed by atoms with Crippen LogP contribution in [0.1, 0.15) is 41.8 Å². The number of para-hydroxylation sites is 1. The number of thioether (sulfide) groups is 1. The number of nitrogens with zero attached hydrogens (tertiary/aromatic N) is 3. The Balaban J connectivity index is 1.38. The summed E-state index contributed by atoms with van der Waals surface area (Å²) in [6.07, 6.45) is 7.49. The number of rotatable bonds is 5. The zero-order valence-corrected chi connectivity index (χ0v) is 18.2. The Morgan fingerprint density at radius 1 is 1.06 bits per heavy atom. The van der Waals surface area contributed by atoms with E-state index in [0.717, 1.165) is 67.8 Å². The fraction of sp³-hybridized carbons (Fsp3) is 0.375. The maximum atomic E-state index is 13.0. The molecule has 0 spiro atoms. The van der Waals surface area contributed by atoms with E-state index in [1.807, 2.05) is 35.2 Å². The first-order valence-corrected chi connectivity index (χ1v) is 11.9. The van der Waals surface area contributed by atoms with Gasteiger partial charge in [-0.05, 0) is 62.3 Å². The Bertz CT molecular complexity index is 1150. The number of hydrogen-bond acceptors (Lipinski definition) is 5. The van der Waals surface area contributed by atoms with Crippen molar-refractivity contribution in [3.05, 3.63) is 75.7 Å². The molecule has 0 unspecified atom stereocenters. The average Bonchev–Trinajstić information content (AvgIpc) is 3.32. The van der Waals surface area contributed by atoms with E-state index in [1.165, 1.54) is 17.3 Å². The van der Waals surface area contributed by atoms with Gasteiger partial charge in [-0.25, -0.2) is 4.79 Å². The summed E-state index contributed by atoms with van der Waals surface area (Å²) in [5.74, 6) is 1.11. The van der Waals surface area contributed by atoms with Gasteiger partial charge in [-0.2, -0.15) is 4.98 Å². The van der Waals surface area contributed by atoms with Crippen LogP contribution in [0.5, 0.6) is 0 Å². The zero-order valence-electron chi connectivity index (χ0n) is 17.4. The molecule has 2 aromatic heterocycles. The molecule has 0 saturated carbocycles. The van der Waals surface area contributed by atoms with Crippen LogP contribution in [-0.4, -0.2) is 27.8 Å². The molecule has 0 atom stereocenters. The second-order valence-electron chi connectivity index (χ2n) is 8.06. The van der Waals surface area contributed by atoms with Crippen molar-refractivity contribution in [1.82, 2.24) is 9.55 Å². The van der Waals surface area contributed by atoms with E-state index in [-0.39, 0.29) is 17.3 Å². The molecule has 31 heavy (non-hydrogen) atoms. The summed E-state index contributed by atoms with van der Waals surface area (Å²) in [7, 11) is 0.